The van der Waals surface area contributed by atoms with E-state index in [0.29, 0.717) is 23.4 Å². The average molecular weight is 801 g/mol. The summed E-state index contributed by atoms with van der Waals surface area (Å²) in [6.45, 7) is 1.73. The Balaban J connectivity index is 1.65. The van der Waals surface area contributed by atoms with Gasteiger partial charge >= 0.3 is 12.4 Å². The van der Waals surface area contributed by atoms with E-state index in [0.717, 1.165) is 35.9 Å². The quantitative estimate of drug-likeness (QED) is 0.151. The number of ether oxygens (including phenoxy) is 1. The van der Waals surface area contributed by atoms with E-state index >= 15 is 17.6 Å². The van der Waals surface area contributed by atoms with Gasteiger partial charge in [-0.15, -0.1) is 0 Å². The van der Waals surface area contributed by atoms with Crippen LogP contribution >= 0.6 is 23.2 Å². The molecule has 0 atom stereocenters. The highest BCUT2D eigenvalue weighted by atomic mass is 35.5. The van der Waals surface area contributed by atoms with Gasteiger partial charge in [-0.2, -0.15) is 42.1 Å². The Labute approximate surface area is 325 Å². The maximum Gasteiger partial charge on any atom is 0.417 e. The Bertz CT molecular complexity index is 2650. The van der Waals surface area contributed by atoms with E-state index in [1.807, 2.05) is 36.4 Å². The van der Waals surface area contributed by atoms with E-state index < -0.39 is 61.6 Å². The molecule has 6 aromatic rings. The van der Waals surface area contributed by atoms with Crippen molar-refractivity contribution in [3.05, 3.63) is 158 Å². The predicted octanol–water partition coefficient (Wildman–Crippen LogP) is 13.3. The summed E-state index contributed by atoms with van der Waals surface area (Å²) in [4.78, 5) is 0. The van der Waals surface area contributed by atoms with Crippen molar-refractivity contribution in [2.45, 2.75) is 25.9 Å². The Kier molecular flexibility index (Phi) is 10.9. The molecule has 0 aliphatic heterocycles. The van der Waals surface area contributed by atoms with Crippen LogP contribution < -0.4 is 4.74 Å². The highest BCUT2D eigenvalue weighted by Gasteiger charge is 2.41. The van der Waals surface area contributed by atoms with Gasteiger partial charge in [0.15, 0.2) is 0 Å². The molecule has 0 radical (unpaired) electrons. The first-order valence-corrected chi connectivity index (χ1v) is 17.1. The van der Waals surface area contributed by atoms with Crippen LogP contribution in [0.15, 0.2) is 103 Å². The van der Waals surface area contributed by atoms with Crippen molar-refractivity contribution in [1.29, 1.82) is 15.8 Å². The zero-order valence-corrected chi connectivity index (χ0v) is 30.2. The number of rotatable bonds is 7. The minimum absolute atomic E-state index is 0.0336. The summed E-state index contributed by atoms with van der Waals surface area (Å²) in [5.74, 6) is -0.836. The monoisotopic (exact) mass is 799 g/mol. The van der Waals surface area contributed by atoms with Crippen molar-refractivity contribution in [3.8, 4) is 68.5 Å². The van der Waals surface area contributed by atoms with Gasteiger partial charge in [-0.3, -0.25) is 0 Å². The molecular weight excluding hydrogens is 778 g/mol. The molecule has 0 spiro atoms. The lowest BCUT2D eigenvalue weighted by molar-refractivity contribution is -0.138. The molecule has 0 aliphatic rings. The smallest absolute Gasteiger partial charge is 0.417 e. The summed E-state index contributed by atoms with van der Waals surface area (Å²) in [5.41, 5.74) is -5.09. The van der Waals surface area contributed by atoms with E-state index in [4.69, 9.17) is 27.9 Å². The fourth-order valence-corrected chi connectivity index (χ4v) is 7.07. The SMILES string of the molecule is Cc1cc(OCc2ccccc2)ccc1-c1c(Cl)cc(-c2ccc(C#N)c(-c3ccc(C(F)(F)F)cc3C#N)c2Cl)c(-c2ccc(C#N)cc2F)c1C(F)(F)F. The van der Waals surface area contributed by atoms with Gasteiger partial charge in [0, 0.05) is 38.4 Å². The molecule has 0 bridgehead atoms. The van der Waals surface area contributed by atoms with Crippen molar-refractivity contribution < 1.29 is 35.5 Å². The number of aryl methyl sites for hydroxylation is 1. The second kappa shape index (κ2) is 15.4. The third-order valence-corrected chi connectivity index (χ3v) is 9.63. The number of hydrogen-bond donors (Lipinski definition) is 0. The van der Waals surface area contributed by atoms with Crippen molar-refractivity contribution in [2.75, 3.05) is 0 Å². The van der Waals surface area contributed by atoms with Crippen LogP contribution in [0.4, 0.5) is 30.7 Å². The maximum atomic E-state index is 16.0. The predicted molar refractivity (Wildman–Crippen MR) is 198 cm³/mol. The normalized spacial score (nSPS) is 11.4. The highest BCUT2D eigenvalue weighted by molar-refractivity contribution is 6.37. The van der Waals surface area contributed by atoms with E-state index in [2.05, 4.69) is 0 Å². The zero-order valence-electron chi connectivity index (χ0n) is 28.7. The van der Waals surface area contributed by atoms with Crippen LogP contribution in [0, 0.1) is 46.7 Å². The number of halogens is 9. The molecule has 6 aromatic carbocycles. The summed E-state index contributed by atoms with van der Waals surface area (Å²) in [7, 11) is 0. The molecule has 6 rings (SSSR count). The number of hydrogen-bond acceptors (Lipinski definition) is 4. The van der Waals surface area contributed by atoms with E-state index in [9.17, 15) is 29.0 Å². The first-order valence-electron chi connectivity index (χ1n) is 16.3. The molecule has 0 aliphatic carbocycles. The van der Waals surface area contributed by atoms with Crippen LogP contribution in [0.3, 0.4) is 0 Å². The van der Waals surface area contributed by atoms with E-state index in [-0.39, 0.29) is 45.6 Å². The summed E-state index contributed by atoms with van der Waals surface area (Å²) in [6, 6.07) is 27.4. The lowest BCUT2D eigenvalue weighted by atomic mass is 9.83. The molecule has 278 valence electrons. The highest BCUT2D eigenvalue weighted by Crippen LogP contribution is 2.53. The van der Waals surface area contributed by atoms with Crippen LogP contribution in [-0.2, 0) is 19.0 Å². The van der Waals surface area contributed by atoms with Gasteiger partial charge < -0.3 is 4.74 Å². The Morgan fingerprint density at radius 3 is 1.88 bits per heavy atom. The first kappa shape index (κ1) is 39.4. The fourth-order valence-electron chi connectivity index (χ4n) is 6.40. The van der Waals surface area contributed by atoms with Crippen LogP contribution in [-0.4, -0.2) is 0 Å². The average Bonchev–Trinajstić information content (AvgIpc) is 3.16. The Morgan fingerprint density at radius 1 is 0.607 bits per heavy atom. The standard InChI is InChI=1S/C43H22Cl2F7N3O/c1-23-15-29(56-22-24-5-3-2-4-6-24)10-14-30(23)39-35(44)18-34(38(40(39)43(50,51)52)33-11-7-25(19-53)16-36(33)46)32-12-8-26(20-54)37(41(32)45)31-13-9-28(42(47,48)49)17-27(31)21-55/h2-18H,22H2,1H3. The fraction of sp³-hybridized carbons (Fsp3) is 0.0930. The number of nitrogens with zero attached hydrogens (tertiary/aromatic N) is 3. The minimum atomic E-state index is -5.22. The molecule has 0 saturated carbocycles. The third-order valence-electron chi connectivity index (χ3n) is 8.94. The first-order chi connectivity index (χ1) is 26.6. The summed E-state index contributed by atoms with van der Waals surface area (Å²) in [5, 5.41) is 28.4. The lowest BCUT2D eigenvalue weighted by Crippen LogP contribution is -2.12. The molecule has 56 heavy (non-hydrogen) atoms. The second-order valence-corrected chi connectivity index (χ2v) is 13.2. The molecule has 0 unspecified atom stereocenters. The van der Waals surface area contributed by atoms with Crippen molar-refractivity contribution in [2.24, 2.45) is 0 Å². The molecule has 4 nitrogen and oxygen atoms in total. The second-order valence-electron chi connectivity index (χ2n) is 12.4. The topological polar surface area (TPSA) is 80.6 Å². The number of nitriles is 3. The molecular formula is C43H22Cl2F7N3O. The molecule has 13 heteroatoms. The van der Waals surface area contributed by atoms with Gasteiger partial charge in [0.2, 0.25) is 0 Å². The molecule has 0 saturated heterocycles. The summed E-state index contributed by atoms with van der Waals surface area (Å²) in [6.07, 6.45) is -10.0. The largest absolute Gasteiger partial charge is 0.489 e. The van der Waals surface area contributed by atoms with E-state index in [1.54, 1.807) is 19.1 Å². The molecule has 0 heterocycles. The molecule has 0 fully saturated rings. The van der Waals surface area contributed by atoms with Gasteiger partial charge in [0.25, 0.3) is 0 Å². The van der Waals surface area contributed by atoms with Gasteiger partial charge in [-0.1, -0.05) is 77.8 Å². The van der Waals surface area contributed by atoms with Crippen LogP contribution in [0.25, 0.3) is 44.5 Å². The van der Waals surface area contributed by atoms with Crippen molar-refractivity contribution in [1.82, 2.24) is 0 Å². The third kappa shape index (κ3) is 7.63. The minimum Gasteiger partial charge on any atom is -0.489 e. The number of alkyl halides is 6. The van der Waals surface area contributed by atoms with Gasteiger partial charge in [-0.05, 0) is 77.7 Å². The lowest BCUT2D eigenvalue weighted by Gasteiger charge is -2.25. The van der Waals surface area contributed by atoms with Crippen molar-refractivity contribution >= 4 is 23.2 Å². The van der Waals surface area contributed by atoms with E-state index in [1.165, 1.54) is 30.3 Å². The molecule has 0 N–H and O–H groups in total. The molecule has 0 amide bonds. The van der Waals surface area contributed by atoms with Crippen LogP contribution in [0.1, 0.15) is 38.9 Å². The zero-order chi connectivity index (χ0) is 40.5. The Hall–Kier alpha value is -6.32. The van der Waals surface area contributed by atoms with Gasteiger partial charge in [0.05, 0.1) is 51.0 Å². The van der Waals surface area contributed by atoms with Crippen LogP contribution in [0.2, 0.25) is 10.0 Å². The van der Waals surface area contributed by atoms with Crippen LogP contribution in [0.5, 0.6) is 5.75 Å². The summed E-state index contributed by atoms with van der Waals surface area (Å²) < 4.78 is 110. The van der Waals surface area contributed by atoms with Gasteiger partial charge in [-0.25, -0.2) is 4.39 Å². The molecule has 0 aromatic heterocycles. The number of benzene rings is 6. The maximum absolute atomic E-state index is 16.0. The summed E-state index contributed by atoms with van der Waals surface area (Å²) >= 11 is 13.7. The van der Waals surface area contributed by atoms with Gasteiger partial charge in [0.1, 0.15) is 18.2 Å². The Morgan fingerprint density at radius 2 is 1.27 bits per heavy atom. The van der Waals surface area contributed by atoms with Crippen molar-refractivity contribution in [3.63, 3.8) is 0 Å².